The topological polar surface area (TPSA) is 283 Å². The number of carboxylic acids is 3. The predicted octanol–water partition coefficient (Wildman–Crippen LogP) is -3.01. The summed E-state index contributed by atoms with van der Waals surface area (Å²) >= 11 is 3.78. The number of carbonyl (C=O) groups is 8. The molecule has 17 nitrogen and oxygen atoms in total. The van der Waals surface area contributed by atoms with Crippen LogP contribution in [0.3, 0.4) is 0 Å². The first-order valence-electron chi connectivity index (χ1n) is 13.3. The Morgan fingerprint density at radius 1 is 0.773 bits per heavy atom. The molecule has 1 rings (SSSR count). The Balaban J connectivity index is 2.91. The minimum atomic E-state index is -2.15. The molecule has 0 bridgehead atoms. The highest BCUT2D eigenvalue weighted by Gasteiger charge is 2.33. The van der Waals surface area contributed by atoms with Gasteiger partial charge in [0.1, 0.15) is 24.2 Å². The molecule has 0 saturated heterocycles. The number of carboxylic acid groups (broad SMARTS) is 3. The van der Waals surface area contributed by atoms with Gasteiger partial charge in [0.25, 0.3) is 5.91 Å². The summed E-state index contributed by atoms with van der Waals surface area (Å²) < 4.78 is 0. The highest BCUT2D eigenvalue weighted by Crippen LogP contribution is 2.05. The third-order valence-corrected chi connectivity index (χ3v) is 6.21. The highest BCUT2D eigenvalue weighted by atomic mass is 32.1. The van der Waals surface area contributed by atoms with E-state index in [4.69, 9.17) is 15.9 Å². The first-order chi connectivity index (χ1) is 20.7. The summed E-state index contributed by atoms with van der Waals surface area (Å²) in [7, 11) is 0. The average Bonchev–Trinajstić information content (AvgIpc) is 2.96. The molecule has 0 aliphatic rings. The van der Waals surface area contributed by atoms with E-state index < -0.39 is 90.6 Å². The van der Waals surface area contributed by atoms with Gasteiger partial charge in [-0.05, 0) is 12.0 Å². The van der Waals surface area contributed by atoms with E-state index in [1.807, 2.05) is 10.6 Å². The van der Waals surface area contributed by atoms with Gasteiger partial charge in [-0.15, -0.1) is 0 Å². The molecular weight excluding hydrogens is 604 g/mol. The molecule has 5 atom stereocenters. The van der Waals surface area contributed by atoms with Crippen molar-refractivity contribution in [2.45, 2.75) is 62.8 Å². The highest BCUT2D eigenvalue weighted by molar-refractivity contribution is 7.80. The number of thiol groups is 1. The molecule has 0 aromatic heterocycles. The molecule has 10 N–H and O–H groups in total. The van der Waals surface area contributed by atoms with E-state index >= 15 is 0 Å². The minimum absolute atomic E-state index is 0.00653. The fraction of sp³-hybridized carbons (Fsp3) is 0.462. The van der Waals surface area contributed by atoms with Crippen LogP contribution in [0.15, 0.2) is 30.3 Å². The second-order valence-electron chi connectivity index (χ2n) is 9.43. The van der Waals surface area contributed by atoms with Crippen LogP contribution in [0.25, 0.3) is 0 Å². The third kappa shape index (κ3) is 13.1. The van der Waals surface area contributed by atoms with E-state index in [9.17, 15) is 43.5 Å². The Morgan fingerprint density at radius 3 is 1.89 bits per heavy atom. The number of hydrogen-bond acceptors (Lipinski definition) is 10. The first-order valence-corrected chi connectivity index (χ1v) is 13.9. The Hall–Kier alpha value is -4.71. The van der Waals surface area contributed by atoms with Crippen molar-refractivity contribution in [3.63, 3.8) is 0 Å². The Morgan fingerprint density at radius 2 is 1.36 bits per heavy atom. The summed E-state index contributed by atoms with van der Waals surface area (Å²) in [6, 6.07) is 0.286. The molecule has 0 aliphatic carbocycles. The molecule has 0 saturated carbocycles. The van der Waals surface area contributed by atoms with Crippen molar-refractivity contribution in [3.8, 4) is 0 Å². The van der Waals surface area contributed by atoms with Crippen molar-refractivity contribution >= 4 is 60.1 Å². The molecular formula is C26H36N6O11S. The smallest absolute Gasteiger partial charge is 0.336 e. The summed E-state index contributed by atoms with van der Waals surface area (Å²) in [5.41, 5.74) is 6.37. The summed E-state index contributed by atoms with van der Waals surface area (Å²) in [6.07, 6.45) is -0.361. The van der Waals surface area contributed by atoms with Crippen molar-refractivity contribution in [2.24, 2.45) is 5.73 Å². The maximum Gasteiger partial charge on any atom is 0.336 e. The van der Waals surface area contributed by atoms with Gasteiger partial charge in [0.05, 0.1) is 6.42 Å². The number of benzene rings is 1. The molecule has 242 valence electrons. The van der Waals surface area contributed by atoms with Crippen LogP contribution in [0.5, 0.6) is 0 Å². The van der Waals surface area contributed by atoms with Crippen LogP contribution in [0.4, 0.5) is 0 Å². The zero-order chi connectivity index (χ0) is 33.4. The van der Waals surface area contributed by atoms with Crippen molar-refractivity contribution in [2.75, 3.05) is 12.3 Å². The van der Waals surface area contributed by atoms with Gasteiger partial charge >= 0.3 is 17.9 Å². The Bertz CT molecular complexity index is 1220. The van der Waals surface area contributed by atoms with E-state index in [1.165, 1.54) is 0 Å². The Labute approximate surface area is 257 Å². The predicted molar refractivity (Wildman–Crippen MR) is 155 cm³/mol. The van der Waals surface area contributed by atoms with E-state index in [0.29, 0.717) is 12.0 Å². The molecule has 1 aromatic rings. The van der Waals surface area contributed by atoms with Crippen LogP contribution >= 0.6 is 12.6 Å². The fourth-order valence-corrected chi connectivity index (χ4v) is 3.81. The third-order valence-electron chi connectivity index (χ3n) is 5.85. The van der Waals surface area contributed by atoms with Gasteiger partial charge in [0.2, 0.25) is 29.7 Å². The lowest BCUT2D eigenvalue weighted by Crippen LogP contribution is -2.59. The van der Waals surface area contributed by atoms with Crippen molar-refractivity contribution < 1.29 is 53.7 Å². The molecule has 0 spiro atoms. The molecule has 0 fully saturated rings. The van der Waals surface area contributed by atoms with Crippen molar-refractivity contribution in [1.29, 1.82) is 0 Å². The normalized spacial score (nSPS) is 14.0. The van der Waals surface area contributed by atoms with Gasteiger partial charge in [0.15, 0.2) is 0 Å². The number of nitrogens with one attached hydrogen (secondary N) is 5. The first kappa shape index (κ1) is 37.3. The summed E-state index contributed by atoms with van der Waals surface area (Å²) in [5, 5.41) is 38.4. The molecule has 0 heterocycles. The summed E-state index contributed by atoms with van der Waals surface area (Å²) in [6.45, 7) is 1.04. The lowest BCUT2D eigenvalue weighted by Gasteiger charge is -2.23. The maximum atomic E-state index is 13.0. The van der Waals surface area contributed by atoms with Crippen LogP contribution in [0, 0.1) is 0 Å². The molecule has 5 amide bonds. The maximum absolute atomic E-state index is 13.0. The van der Waals surface area contributed by atoms with Crippen LogP contribution in [0.2, 0.25) is 0 Å². The van der Waals surface area contributed by atoms with E-state index in [2.05, 4.69) is 28.6 Å². The number of aliphatic carboxylic acids is 3. The van der Waals surface area contributed by atoms with Gasteiger partial charge < -0.3 is 47.6 Å². The Kier molecular flexibility index (Phi) is 15.9. The molecule has 18 heteroatoms. The second-order valence-corrected chi connectivity index (χ2v) is 9.80. The van der Waals surface area contributed by atoms with Gasteiger partial charge in [-0.3, -0.25) is 28.8 Å². The van der Waals surface area contributed by atoms with E-state index in [1.54, 1.807) is 37.3 Å². The largest absolute Gasteiger partial charge is 0.481 e. The zero-order valence-electron chi connectivity index (χ0n) is 23.6. The number of amides is 5. The lowest BCUT2D eigenvalue weighted by molar-refractivity contribution is -0.147. The summed E-state index contributed by atoms with van der Waals surface area (Å²) in [4.78, 5) is 96.9. The summed E-state index contributed by atoms with van der Waals surface area (Å²) in [5.74, 6) is -10.1. The number of rotatable bonds is 19. The van der Waals surface area contributed by atoms with Crippen LogP contribution in [0.1, 0.15) is 31.7 Å². The van der Waals surface area contributed by atoms with Crippen LogP contribution in [-0.4, -0.2) is 105 Å². The van der Waals surface area contributed by atoms with Crippen molar-refractivity contribution in [3.05, 3.63) is 35.9 Å². The lowest BCUT2D eigenvalue weighted by atomic mass is 10.0. The van der Waals surface area contributed by atoms with Crippen LogP contribution in [-0.2, 0) is 44.8 Å². The molecule has 1 aromatic carbocycles. The number of hydrogen-bond donors (Lipinski definition) is 10. The molecule has 0 radical (unpaired) electrons. The van der Waals surface area contributed by atoms with E-state index in [0.717, 1.165) is 0 Å². The molecule has 0 aliphatic heterocycles. The average molecular weight is 641 g/mol. The fourth-order valence-electron chi connectivity index (χ4n) is 3.56. The second kappa shape index (κ2) is 18.7. The minimum Gasteiger partial charge on any atom is -0.481 e. The van der Waals surface area contributed by atoms with Gasteiger partial charge in [-0.25, -0.2) is 9.59 Å². The molecule has 44 heavy (non-hydrogen) atoms. The van der Waals surface area contributed by atoms with Crippen molar-refractivity contribution in [1.82, 2.24) is 26.6 Å². The monoisotopic (exact) mass is 640 g/mol. The standard InChI is InChI=1S/C26H36N6O11S/c1-2-6-18(33)29-15(9-13-7-4-3-5-8-13)23(38)32-20(26(42)43)24(39)28-11-14(27)21(36)30-16(10-19(34)35)22(37)31-17(12-44)25(40)41/h3-5,7-8,14-17,20,44H,2,6,9-12,27H2,1H3,(H,28,39)(H,29,33)(H,30,36)(H,31,37)(H,32,38)(H,34,35)(H,40,41)(H,42,43)/t14-,15-,16-,17-,20-/m0/s1. The number of nitrogens with two attached hydrogens (primary N) is 1. The quantitative estimate of drug-likeness (QED) is 0.0534. The van der Waals surface area contributed by atoms with Gasteiger partial charge in [-0.2, -0.15) is 12.6 Å². The number of carbonyl (C=O) groups excluding carboxylic acids is 5. The zero-order valence-corrected chi connectivity index (χ0v) is 24.5. The van der Waals surface area contributed by atoms with Crippen LogP contribution < -0.4 is 32.3 Å². The van der Waals surface area contributed by atoms with Gasteiger partial charge in [0, 0.05) is 25.1 Å². The van der Waals surface area contributed by atoms with E-state index in [-0.39, 0.29) is 18.6 Å². The SMILES string of the molecule is CCCC(=O)N[C@@H](Cc1ccccc1)C(=O)N[C@H](C(=O)O)C(=O)NC[C@H](N)C(=O)N[C@@H](CC(=O)O)C(=O)N[C@@H](CS)C(=O)O. The molecule has 0 unspecified atom stereocenters. The van der Waals surface area contributed by atoms with Gasteiger partial charge in [-0.1, -0.05) is 37.3 Å².